The zero-order chi connectivity index (χ0) is 11.9. The smallest absolute Gasteiger partial charge is 0.156 e. The summed E-state index contributed by atoms with van der Waals surface area (Å²) in [5, 5.41) is 5.52. The van der Waals surface area contributed by atoms with Crippen LogP contribution in [0.3, 0.4) is 0 Å². The Labute approximate surface area is 110 Å². The average Bonchev–Trinajstić information content (AvgIpc) is 3.09. The van der Waals surface area contributed by atoms with Crippen molar-refractivity contribution in [2.45, 2.75) is 63.5 Å². The fraction of sp³-hybridized carbons (Fsp3) is 0.929. The van der Waals surface area contributed by atoms with Gasteiger partial charge in [-0.05, 0) is 25.2 Å². The Kier molecular flexibility index (Phi) is 5.69. The Morgan fingerprint density at radius 1 is 1.18 bits per heavy atom. The van der Waals surface area contributed by atoms with Crippen molar-refractivity contribution in [1.29, 1.82) is 0 Å². The van der Waals surface area contributed by atoms with Gasteiger partial charge >= 0.3 is 0 Å². The zero-order valence-corrected chi connectivity index (χ0v) is 11.9. The second-order valence-corrected chi connectivity index (χ2v) is 6.56. The number of nitrogens with zero attached hydrogens (tertiary/aromatic N) is 1. The number of unbranched alkanes of at least 4 members (excludes halogenated alkanes) is 5. The molecule has 1 saturated carbocycles. The van der Waals surface area contributed by atoms with Crippen LogP contribution in [0, 0.1) is 5.92 Å². The number of nitrogens with one attached hydrogen (secondary N) is 1. The third kappa shape index (κ3) is 4.90. The molecule has 0 radical (unpaired) electrons. The first-order chi connectivity index (χ1) is 8.40. The lowest BCUT2D eigenvalue weighted by atomic mass is 10.1. The first-order valence-corrected chi connectivity index (χ1v) is 8.23. The van der Waals surface area contributed by atoms with Gasteiger partial charge in [0.1, 0.15) is 0 Å². The minimum absolute atomic E-state index is 0.807. The Morgan fingerprint density at radius 2 is 1.94 bits per heavy atom. The van der Waals surface area contributed by atoms with Crippen molar-refractivity contribution >= 4 is 16.9 Å². The van der Waals surface area contributed by atoms with Crippen molar-refractivity contribution in [2.75, 3.05) is 13.1 Å². The van der Waals surface area contributed by atoms with Crippen LogP contribution >= 0.6 is 11.8 Å². The molecule has 0 saturated heterocycles. The molecule has 0 bridgehead atoms. The van der Waals surface area contributed by atoms with Gasteiger partial charge in [0.25, 0.3) is 0 Å². The van der Waals surface area contributed by atoms with E-state index in [9.17, 15) is 0 Å². The molecule has 1 unspecified atom stereocenters. The van der Waals surface area contributed by atoms with Gasteiger partial charge in [-0.1, -0.05) is 50.8 Å². The molecule has 1 aliphatic carbocycles. The van der Waals surface area contributed by atoms with E-state index in [1.807, 2.05) is 11.8 Å². The first-order valence-electron chi connectivity index (χ1n) is 7.35. The minimum atomic E-state index is 0.807. The molecule has 0 aromatic carbocycles. The van der Waals surface area contributed by atoms with E-state index >= 15 is 0 Å². The van der Waals surface area contributed by atoms with Crippen LogP contribution in [-0.2, 0) is 0 Å². The van der Waals surface area contributed by atoms with Crippen molar-refractivity contribution in [3.8, 4) is 0 Å². The van der Waals surface area contributed by atoms with Crippen LogP contribution in [0.4, 0.5) is 0 Å². The average molecular weight is 254 g/mol. The van der Waals surface area contributed by atoms with Crippen LogP contribution in [0.5, 0.6) is 0 Å². The monoisotopic (exact) mass is 254 g/mol. The standard InChI is InChI=1S/C14H26N2S/c1-2-3-4-5-6-7-10-15-14-16-11-13(17-14)12-8-9-12/h12-13H,2-11H2,1H3,(H,15,16). The van der Waals surface area contributed by atoms with Gasteiger partial charge in [0, 0.05) is 11.8 Å². The number of rotatable bonds is 8. The van der Waals surface area contributed by atoms with Crippen LogP contribution in [-0.4, -0.2) is 23.5 Å². The molecular formula is C14H26N2S. The number of hydrogen-bond donors (Lipinski definition) is 1. The molecule has 1 heterocycles. The highest BCUT2D eigenvalue weighted by Crippen LogP contribution is 2.41. The van der Waals surface area contributed by atoms with Crippen molar-refractivity contribution < 1.29 is 0 Å². The molecule has 0 aromatic heterocycles. The van der Waals surface area contributed by atoms with Crippen molar-refractivity contribution in [2.24, 2.45) is 10.9 Å². The summed E-state index contributed by atoms with van der Waals surface area (Å²) < 4.78 is 0. The Hall–Kier alpha value is -0.180. The minimum Gasteiger partial charge on any atom is -0.365 e. The van der Waals surface area contributed by atoms with Gasteiger partial charge in [-0.15, -0.1) is 0 Å². The molecule has 1 fully saturated rings. The lowest BCUT2D eigenvalue weighted by molar-refractivity contribution is 0.603. The van der Waals surface area contributed by atoms with E-state index in [2.05, 4.69) is 17.2 Å². The normalized spacial score (nSPS) is 23.8. The van der Waals surface area contributed by atoms with E-state index in [1.165, 1.54) is 56.5 Å². The fourth-order valence-electron chi connectivity index (χ4n) is 2.30. The predicted molar refractivity (Wildman–Crippen MR) is 77.8 cm³/mol. The second kappa shape index (κ2) is 7.30. The topological polar surface area (TPSA) is 24.4 Å². The molecule has 1 N–H and O–H groups in total. The van der Waals surface area contributed by atoms with Gasteiger partial charge in [-0.3, -0.25) is 4.99 Å². The highest BCUT2D eigenvalue weighted by atomic mass is 32.2. The third-order valence-electron chi connectivity index (χ3n) is 3.63. The molecule has 0 aromatic rings. The van der Waals surface area contributed by atoms with Crippen molar-refractivity contribution in [3.63, 3.8) is 0 Å². The summed E-state index contributed by atoms with van der Waals surface area (Å²) in [7, 11) is 0. The molecule has 1 atom stereocenters. The third-order valence-corrected chi connectivity index (χ3v) is 4.97. The van der Waals surface area contributed by atoms with Crippen molar-refractivity contribution in [1.82, 2.24) is 5.32 Å². The molecule has 98 valence electrons. The van der Waals surface area contributed by atoms with E-state index in [1.54, 1.807) is 0 Å². The van der Waals surface area contributed by atoms with Gasteiger partial charge in [0.05, 0.1) is 6.54 Å². The largest absolute Gasteiger partial charge is 0.365 e. The van der Waals surface area contributed by atoms with Gasteiger partial charge < -0.3 is 5.32 Å². The lowest BCUT2D eigenvalue weighted by Crippen LogP contribution is -2.20. The summed E-state index contributed by atoms with van der Waals surface area (Å²) in [6.07, 6.45) is 11.1. The van der Waals surface area contributed by atoms with E-state index in [0.717, 1.165) is 24.3 Å². The van der Waals surface area contributed by atoms with E-state index in [4.69, 9.17) is 0 Å². The first kappa shape index (κ1) is 13.3. The highest BCUT2D eigenvalue weighted by Gasteiger charge is 2.35. The molecule has 0 spiro atoms. The zero-order valence-electron chi connectivity index (χ0n) is 11.1. The number of hydrogen-bond acceptors (Lipinski definition) is 3. The van der Waals surface area contributed by atoms with E-state index in [0.29, 0.717) is 0 Å². The molecule has 0 amide bonds. The van der Waals surface area contributed by atoms with Crippen LogP contribution in [0.15, 0.2) is 4.99 Å². The Bertz CT molecular complexity index is 249. The number of amidine groups is 1. The predicted octanol–water partition coefficient (Wildman–Crippen LogP) is 3.82. The lowest BCUT2D eigenvalue weighted by Gasteiger charge is -2.07. The maximum Gasteiger partial charge on any atom is 0.156 e. The van der Waals surface area contributed by atoms with Crippen LogP contribution in [0.25, 0.3) is 0 Å². The molecule has 3 heteroatoms. The summed E-state index contributed by atoms with van der Waals surface area (Å²) >= 11 is 1.99. The molecular weight excluding hydrogens is 228 g/mol. The maximum absolute atomic E-state index is 4.59. The second-order valence-electron chi connectivity index (χ2n) is 5.33. The highest BCUT2D eigenvalue weighted by molar-refractivity contribution is 8.14. The summed E-state index contributed by atoms with van der Waals surface area (Å²) in [4.78, 5) is 4.59. The Balaban J connectivity index is 1.43. The van der Waals surface area contributed by atoms with E-state index < -0.39 is 0 Å². The van der Waals surface area contributed by atoms with Gasteiger partial charge in [-0.25, -0.2) is 0 Å². The molecule has 2 nitrogen and oxygen atoms in total. The van der Waals surface area contributed by atoms with Crippen LogP contribution in [0.1, 0.15) is 58.3 Å². The maximum atomic E-state index is 4.59. The Morgan fingerprint density at radius 3 is 2.71 bits per heavy atom. The van der Waals surface area contributed by atoms with Gasteiger partial charge in [0.15, 0.2) is 5.17 Å². The molecule has 2 aliphatic rings. The summed E-state index contributed by atoms with van der Waals surface area (Å²) in [6, 6.07) is 0. The van der Waals surface area contributed by atoms with Crippen LogP contribution < -0.4 is 5.32 Å². The van der Waals surface area contributed by atoms with Crippen molar-refractivity contribution in [3.05, 3.63) is 0 Å². The summed E-state index contributed by atoms with van der Waals surface area (Å²) in [5.74, 6) is 0.983. The molecule has 17 heavy (non-hydrogen) atoms. The molecule has 2 rings (SSSR count). The van der Waals surface area contributed by atoms with Gasteiger partial charge in [0.2, 0.25) is 0 Å². The fourth-order valence-corrected chi connectivity index (χ4v) is 3.54. The number of aliphatic imine (C=N–C) groups is 1. The SMILES string of the molecule is CCCCCCCCNC1=NCC(C2CC2)S1. The molecule has 1 aliphatic heterocycles. The quantitative estimate of drug-likeness (QED) is 0.666. The number of thioether (sulfide) groups is 1. The summed E-state index contributed by atoms with van der Waals surface area (Å²) in [6.45, 7) is 4.46. The summed E-state index contributed by atoms with van der Waals surface area (Å²) in [5.41, 5.74) is 0. The van der Waals surface area contributed by atoms with Crippen LogP contribution in [0.2, 0.25) is 0 Å². The van der Waals surface area contributed by atoms with E-state index in [-0.39, 0.29) is 0 Å². The van der Waals surface area contributed by atoms with Gasteiger partial charge in [-0.2, -0.15) is 0 Å².